The van der Waals surface area contributed by atoms with Crippen molar-refractivity contribution in [2.45, 2.75) is 138 Å². The molecule has 1 fully saturated rings. The van der Waals surface area contributed by atoms with Gasteiger partial charge in [0.2, 0.25) is 23.5 Å². The number of nitrogen functional groups attached to an aromatic ring is 2. The average Bonchev–Trinajstić information content (AvgIpc) is 4.16. The molecule has 0 aliphatic heterocycles. The Morgan fingerprint density at radius 2 is 1.21 bits per heavy atom. The number of aryl methyl sites for hydroxylation is 7. The molecule has 5 aliphatic carbocycles. The number of rotatable bonds is 5. The number of hydrogen-bond acceptors (Lipinski definition) is 17. The van der Waals surface area contributed by atoms with E-state index in [4.69, 9.17) is 26.4 Å². The number of hydrogen-bond donors (Lipinski definition) is 6. The lowest BCUT2D eigenvalue weighted by Gasteiger charge is -2.05. The Hall–Kier alpha value is -7.65. The molecule has 0 spiro atoms. The van der Waals surface area contributed by atoms with Crippen LogP contribution in [0.5, 0.6) is 0 Å². The number of H-pyrrole nitrogens is 1. The molecule has 6 heterocycles. The highest BCUT2D eigenvalue weighted by molar-refractivity contribution is 6.00. The molecular formula is C49H67N15O7. The minimum absolute atomic E-state index is 0. The number of fused-ring (bicyclic) bond motifs is 8. The summed E-state index contributed by atoms with van der Waals surface area (Å²) >= 11 is 0. The van der Waals surface area contributed by atoms with Gasteiger partial charge in [-0.25, -0.2) is 39.7 Å². The van der Waals surface area contributed by atoms with Crippen molar-refractivity contribution in [3.8, 4) is 0 Å². The molecule has 11 rings (SSSR count). The van der Waals surface area contributed by atoms with Gasteiger partial charge in [0.05, 0.1) is 18.9 Å². The number of imidazole rings is 2. The van der Waals surface area contributed by atoms with Gasteiger partial charge in [-0.1, -0.05) is 7.43 Å². The van der Waals surface area contributed by atoms with E-state index in [1.807, 2.05) is 29.6 Å². The van der Waals surface area contributed by atoms with E-state index in [1.165, 1.54) is 40.9 Å². The van der Waals surface area contributed by atoms with Crippen LogP contribution in [-0.4, -0.2) is 91.9 Å². The second-order valence-electron chi connectivity index (χ2n) is 17.2. The molecule has 1 unspecified atom stereocenters. The van der Waals surface area contributed by atoms with Crippen LogP contribution in [-0.2, 0) is 70.4 Å². The van der Waals surface area contributed by atoms with Crippen LogP contribution in [0.25, 0.3) is 11.6 Å². The predicted molar refractivity (Wildman–Crippen MR) is 267 cm³/mol. The number of ether oxygens (including phenoxy) is 2. The molecule has 380 valence electrons. The Kier molecular flexibility index (Phi) is 18.9. The molecule has 0 aromatic carbocycles. The highest BCUT2D eigenvalue weighted by Crippen LogP contribution is 2.27. The summed E-state index contributed by atoms with van der Waals surface area (Å²) in [5, 5.41) is 6.06. The quantitative estimate of drug-likeness (QED) is 0.0465. The van der Waals surface area contributed by atoms with Crippen molar-refractivity contribution in [1.82, 2.24) is 48.7 Å². The average molecular weight is 978 g/mol. The first-order valence-electron chi connectivity index (χ1n) is 23.7. The molecule has 0 saturated heterocycles. The molecule has 1 atom stereocenters. The number of aromatic amines is 1. The molecule has 0 amide bonds. The smallest absolute Gasteiger partial charge is 0.358 e. The van der Waals surface area contributed by atoms with Gasteiger partial charge in [-0.05, 0) is 141 Å². The molecule has 6 aromatic rings. The SMILES string of the molecule is C.CCOC(=O)C1CCCC1=O.CCOC(=O)c1cn2c3c(c(C)nc2n1)CCC3.Cc1nc(N)nc2c1CCC2.Cc1nc2nc(C=O)cn2c2c1CCC2.N=C(N)N.Nc1nc2c(c(=O)[nH]1)CCC2. The third-order valence-corrected chi connectivity index (χ3v) is 12.4. The van der Waals surface area contributed by atoms with E-state index in [0.29, 0.717) is 54.9 Å². The summed E-state index contributed by atoms with van der Waals surface area (Å²) in [5.74, 6) is 0.436. The summed E-state index contributed by atoms with van der Waals surface area (Å²) in [6.07, 6.45) is 19.1. The standard InChI is InChI=1S/C13H15N3O2.C11H11N3O.C8H11N3.C8H12O3.C7H9N3O.CH5N3.CH4/c1-3-18-12(17)10-7-16-11-6-4-5-9(11)8(2)14-13(16)15-10;1-7-9-3-2-4-10(9)14-5-8(6-15)13-11(14)12-7;1-5-6-3-2-4-7(6)11-8(9)10-5;1-2-11-8(10)6-4-3-5-7(6)9;8-7-9-5-3-1-2-4(5)6(11)10-7;2-1(3)4;/h7H,3-6H2,1-2H3;5-6H,2-4H2,1H3;2-4H2,1H3,(H2,9,10,11);6H,2-5H2,1H3;1-3H2,(H3,8,9,10,11);(H5,2,3,4);1H4. The van der Waals surface area contributed by atoms with Crippen molar-refractivity contribution < 1.29 is 28.7 Å². The maximum Gasteiger partial charge on any atom is 0.358 e. The monoisotopic (exact) mass is 978 g/mol. The van der Waals surface area contributed by atoms with E-state index in [0.717, 1.165) is 111 Å². The van der Waals surface area contributed by atoms with Crippen LogP contribution in [0.4, 0.5) is 11.9 Å². The fourth-order valence-electron chi connectivity index (χ4n) is 9.29. The van der Waals surface area contributed by atoms with Gasteiger partial charge in [0, 0.05) is 58.5 Å². The largest absolute Gasteiger partial charge is 0.465 e. The molecule has 71 heavy (non-hydrogen) atoms. The zero-order valence-electron chi connectivity index (χ0n) is 40.5. The number of Topliss-reactive ketones (excluding diaryl/α,β-unsaturated/α-hetero) is 1. The van der Waals surface area contributed by atoms with Gasteiger partial charge in [0.1, 0.15) is 17.4 Å². The van der Waals surface area contributed by atoms with Crippen LogP contribution in [0, 0.1) is 32.1 Å². The topological polar surface area (TPSA) is 347 Å². The number of ketones is 1. The van der Waals surface area contributed by atoms with Crippen molar-refractivity contribution in [2.24, 2.45) is 17.4 Å². The van der Waals surface area contributed by atoms with Crippen LogP contribution in [0.15, 0.2) is 17.2 Å². The summed E-state index contributed by atoms with van der Waals surface area (Å²) < 4.78 is 13.6. The van der Waals surface area contributed by atoms with E-state index in [-0.39, 0.29) is 42.6 Å². The van der Waals surface area contributed by atoms with Gasteiger partial charge in [-0.3, -0.25) is 38.4 Å². The van der Waals surface area contributed by atoms with Crippen LogP contribution in [0.2, 0.25) is 0 Å². The number of anilines is 2. The summed E-state index contributed by atoms with van der Waals surface area (Å²) in [6, 6.07) is 0. The van der Waals surface area contributed by atoms with Gasteiger partial charge in [0.15, 0.2) is 17.9 Å². The predicted octanol–water partition coefficient (Wildman–Crippen LogP) is 4.13. The third kappa shape index (κ3) is 13.4. The van der Waals surface area contributed by atoms with Crippen molar-refractivity contribution in [3.63, 3.8) is 0 Å². The maximum atomic E-state index is 11.7. The van der Waals surface area contributed by atoms with E-state index >= 15 is 0 Å². The minimum Gasteiger partial charge on any atom is -0.465 e. The zero-order chi connectivity index (χ0) is 50.6. The number of aromatic nitrogens is 10. The lowest BCUT2D eigenvalue weighted by atomic mass is 10.1. The fraction of sp³-hybridized carbons (Fsp3) is 0.490. The number of nitrogens with one attached hydrogen (secondary N) is 2. The number of esters is 2. The van der Waals surface area contributed by atoms with Crippen LogP contribution in [0.3, 0.4) is 0 Å². The van der Waals surface area contributed by atoms with Crippen molar-refractivity contribution in [1.29, 1.82) is 5.41 Å². The highest BCUT2D eigenvalue weighted by Gasteiger charge is 2.32. The molecule has 5 aliphatic rings. The Labute approximate surface area is 411 Å². The van der Waals surface area contributed by atoms with Crippen molar-refractivity contribution in [3.05, 3.63) is 96.2 Å². The molecule has 1 saturated carbocycles. The van der Waals surface area contributed by atoms with Gasteiger partial charge in [0.25, 0.3) is 5.56 Å². The van der Waals surface area contributed by atoms with Crippen molar-refractivity contribution in [2.75, 3.05) is 24.7 Å². The molecule has 22 heteroatoms. The second-order valence-corrected chi connectivity index (χ2v) is 17.2. The molecular weight excluding hydrogens is 911 g/mol. The number of nitrogens with zero attached hydrogens (tertiary/aromatic N) is 9. The summed E-state index contributed by atoms with van der Waals surface area (Å²) in [6.45, 7) is 10.3. The first kappa shape index (κ1) is 54.3. The third-order valence-electron chi connectivity index (χ3n) is 12.4. The lowest BCUT2D eigenvalue weighted by Crippen LogP contribution is -2.21. The summed E-state index contributed by atoms with van der Waals surface area (Å²) in [5.41, 5.74) is 33.0. The highest BCUT2D eigenvalue weighted by atomic mass is 16.5. The Morgan fingerprint density at radius 1 is 0.690 bits per heavy atom. The van der Waals surface area contributed by atoms with E-state index < -0.39 is 5.92 Å². The number of guanidine groups is 1. The lowest BCUT2D eigenvalue weighted by molar-refractivity contribution is -0.150. The molecule has 0 radical (unpaired) electrons. The second kappa shape index (κ2) is 24.8. The normalized spacial score (nSPS) is 15.2. The number of carbonyl (C=O) groups is 4. The number of carbonyl (C=O) groups excluding carboxylic acids is 4. The van der Waals surface area contributed by atoms with Gasteiger partial charge in [-0.15, -0.1) is 0 Å². The molecule has 10 N–H and O–H groups in total. The van der Waals surface area contributed by atoms with E-state index in [9.17, 15) is 24.0 Å². The number of aldehydes is 1. The molecule has 6 aromatic heterocycles. The van der Waals surface area contributed by atoms with Crippen LogP contribution >= 0.6 is 0 Å². The Morgan fingerprint density at radius 3 is 1.77 bits per heavy atom. The van der Waals surface area contributed by atoms with E-state index in [1.54, 1.807) is 26.2 Å². The van der Waals surface area contributed by atoms with Crippen LogP contribution < -0.4 is 28.5 Å². The Bertz CT molecular complexity index is 2970. The minimum atomic E-state index is -0.449. The van der Waals surface area contributed by atoms with Gasteiger partial charge < -0.3 is 32.4 Å². The fourth-order valence-corrected chi connectivity index (χ4v) is 9.29. The first-order valence-corrected chi connectivity index (χ1v) is 23.7. The zero-order valence-corrected chi connectivity index (χ0v) is 40.5. The van der Waals surface area contributed by atoms with E-state index in [2.05, 4.69) is 51.3 Å². The molecule has 0 bridgehead atoms. The van der Waals surface area contributed by atoms with Crippen molar-refractivity contribution >= 4 is 53.4 Å². The maximum absolute atomic E-state index is 11.7. The summed E-state index contributed by atoms with van der Waals surface area (Å²) in [4.78, 5) is 87.6. The Balaban J connectivity index is 0.000000164. The molecule has 22 nitrogen and oxygen atoms in total. The first-order chi connectivity index (χ1) is 33.5. The number of nitrogens with two attached hydrogens (primary N) is 4. The van der Waals surface area contributed by atoms with Gasteiger partial charge in [-0.2, -0.15) is 0 Å². The van der Waals surface area contributed by atoms with Crippen LogP contribution in [0.1, 0.15) is 149 Å². The van der Waals surface area contributed by atoms with Gasteiger partial charge >= 0.3 is 11.9 Å². The summed E-state index contributed by atoms with van der Waals surface area (Å²) in [7, 11) is 0.